The molecule has 3 heteroatoms. The molecule has 0 aliphatic heterocycles. The zero-order valence-electron chi connectivity index (χ0n) is 5.94. The van der Waals surface area contributed by atoms with Gasteiger partial charge < -0.3 is 0 Å². The maximum Gasteiger partial charge on any atom is 0.0450 e. The Morgan fingerprint density at radius 1 is 1.36 bits per heavy atom. The number of halogens is 3. The molecule has 0 saturated heterocycles. The second-order valence-electron chi connectivity index (χ2n) is 2.28. The lowest BCUT2D eigenvalue weighted by molar-refractivity contribution is 1.12. The van der Waals surface area contributed by atoms with E-state index in [2.05, 4.69) is 15.9 Å². The first-order valence-corrected chi connectivity index (χ1v) is 4.87. The predicted octanol–water partition coefficient (Wildman–Crippen LogP) is 4.45. The van der Waals surface area contributed by atoms with E-state index < -0.39 is 0 Å². The van der Waals surface area contributed by atoms with Gasteiger partial charge in [-0.3, -0.25) is 0 Å². The van der Waals surface area contributed by atoms with Crippen LogP contribution in [0.2, 0.25) is 10.0 Å². The van der Waals surface area contributed by atoms with Gasteiger partial charge in [-0.2, -0.15) is 0 Å². The van der Waals surface area contributed by atoms with Gasteiger partial charge in [0.1, 0.15) is 0 Å². The second kappa shape index (κ2) is 3.79. The zero-order valence-corrected chi connectivity index (χ0v) is 9.04. The van der Waals surface area contributed by atoms with Crippen LogP contribution in [0.1, 0.15) is 17.3 Å². The molecule has 1 unspecified atom stereocenters. The summed E-state index contributed by atoms with van der Waals surface area (Å²) in [6.45, 7) is 2.01. The van der Waals surface area contributed by atoms with Gasteiger partial charge in [-0.1, -0.05) is 39.1 Å². The molecule has 11 heavy (non-hydrogen) atoms. The fourth-order valence-electron chi connectivity index (χ4n) is 0.819. The quantitative estimate of drug-likeness (QED) is 0.649. The molecule has 0 N–H and O–H groups in total. The third-order valence-electron chi connectivity index (χ3n) is 1.39. The summed E-state index contributed by atoms with van der Waals surface area (Å²) < 4.78 is 0. The summed E-state index contributed by atoms with van der Waals surface area (Å²) in [4.78, 5) is 0.244. The van der Waals surface area contributed by atoms with Crippen LogP contribution in [0.5, 0.6) is 0 Å². The third kappa shape index (κ3) is 2.36. The first-order chi connectivity index (χ1) is 5.11. The van der Waals surface area contributed by atoms with Gasteiger partial charge in [0, 0.05) is 14.9 Å². The minimum absolute atomic E-state index is 0.244. The Balaban J connectivity index is 3.13. The summed E-state index contributed by atoms with van der Waals surface area (Å²) >= 11 is 15.1. The van der Waals surface area contributed by atoms with Crippen LogP contribution < -0.4 is 0 Å². The van der Waals surface area contributed by atoms with Crippen molar-refractivity contribution in [2.75, 3.05) is 0 Å². The fraction of sp³-hybridized carbons (Fsp3) is 0.250. The summed E-state index contributed by atoms with van der Waals surface area (Å²) in [5.74, 6) is 0. The first-order valence-electron chi connectivity index (χ1n) is 3.20. The van der Waals surface area contributed by atoms with Crippen molar-refractivity contribution in [2.45, 2.75) is 11.8 Å². The highest BCUT2D eigenvalue weighted by Crippen LogP contribution is 2.30. The van der Waals surface area contributed by atoms with Gasteiger partial charge in [-0.25, -0.2) is 0 Å². The Hall–Kier alpha value is 0.280. The minimum atomic E-state index is 0.244. The zero-order chi connectivity index (χ0) is 8.43. The minimum Gasteiger partial charge on any atom is -0.0843 e. The summed E-state index contributed by atoms with van der Waals surface area (Å²) in [5.41, 5.74) is 1.03. The average Bonchev–Trinajstić information content (AvgIpc) is 1.94. The summed E-state index contributed by atoms with van der Waals surface area (Å²) in [6, 6.07) is 5.45. The Morgan fingerprint density at radius 2 is 2.00 bits per heavy atom. The molecule has 0 amide bonds. The average molecular weight is 254 g/mol. The van der Waals surface area contributed by atoms with E-state index in [0.717, 1.165) is 15.6 Å². The molecule has 0 aliphatic carbocycles. The molecule has 0 spiro atoms. The maximum atomic E-state index is 5.90. The molecule has 0 nitrogen and oxygen atoms in total. The van der Waals surface area contributed by atoms with Crippen molar-refractivity contribution in [1.82, 2.24) is 0 Å². The molecular formula is C8H7BrCl2. The van der Waals surface area contributed by atoms with Crippen LogP contribution in [0.3, 0.4) is 0 Å². The van der Waals surface area contributed by atoms with Crippen molar-refractivity contribution in [3.63, 3.8) is 0 Å². The van der Waals surface area contributed by atoms with Gasteiger partial charge in [-0.05, 0) is 30.7 Å². The van der Waals surface area contributed by atoms with Gasteiger partial charge in [0.25, 0.3) is 0 Å². The van der Waals surface area contributed by atoms with Gasteiger partial charge >= 0.3 is 0 Å². The Morgan fingerprint density at radius 3 is 2.45 bits per heavy atom. The third-order valence-corrected chi connectivity index (χ3v) is 2.46. The molecule has 1 aromatic carbocycles. The molecule has 0 saturated carbocycles. The lowest BCUT2D eigenvalue weighted by atomic mass is 10.2. The van der Waals surface area contributed by atoms with Crippen molar-refractivity contribution in [3.8, 4) is 0 Å². The molecule has 60 valence electrons. The van der Waals surface area contributed by atoms with E-state index in [0.29, 0.717) is 0 Å². The van der Waals surface area contributed by atoms with E-state index in [1.165, 1.54) is 0 Å². The molecule has 0 heterocycles. The largest absolute Gasteiger partial charge is 0.0843 e. The normalized spacial score (nSPS) is 13.1. The maximum absolute atomic E-state index is 5.90. The van der Waals surface area contributed by atoms with Gasteiger partial charge in [0.05, 0.1) is 0 Å². The SMILES string of the molecule is CC(Br)c1cc(Cl)ccc1Cl. The number of rotatable bonds is 1. The lowest BCUT2D eigenvalue weighted by Crippen LogP contribution is -1.84. The fourth-order valence-corrected chi connectivity index (χ4v) is 1.79. The summed E-state index contributed by atoms with van der Waals surface area (Å²) in [6.07, 6.45) is 0. The predicted molar refractivity (Wildman–Crippen MR) is 53.8 cm³/mol. The summed E-state index contributed by atoms with van der Waals surface area (Å²) in [7, 11) is 0. The van der Waals surface area contributed by atoms with E-state index in [-0.39, 0.29) is 4.83 Å². The van der Waals surface area contributed by atoms with E-state index in [9.17, 15) is 0 Å². The molecule has 0 bridgehead atoms. The molecular weight excluding hydrogens is 247 g/mol. The topological polar surface area (TPSA) is 0 Å². The molecule has 0 fully saturated rings. The van der Waals surface area contributed by atoms with E-state index >= 15 is 0 Å². The standard InChI is InChI=1S/C8H7BrCl2/c1-5(9)7-4-6(10)2-3-8(7)11/h2-5H,1H3. The number of hydrogen-bond acceptors (Lipinski definition) is 0. The van der Waals surface area contributed by atoms with Crippen LogP contribution in [0.4, 0.5) is 0 Å². The highest BCUT2D eigenvalue weighted by molar-refractivity contribution is 9.09. The molecule has 0 aromatic heterocycles. The van der Waals surface area contributed by atoms with Crippen molar-refractivity contribution < 1.29 is 0 Å². The van der Waals surface area contributed by atoms with Crippen LogP contribution in [0.25, 0.3) is 0 Å². The van der Waals surface area contributed by atoms with E-state index in [1.807, 2.05) is 13.0 Å². The molecule has 1 aromatic rings. The Kier molecular flexibility index (Phi) is 3.23. The van der Waals surface area contributed by atoms with Crippen LogP contribution in [-0.4, -0.2) is 0 Å². The monoisotopic (exact) mass is 252 g/mol. The van der Waals surface area contributed by atoms with Crippen molar-refractivity contribution in [2.24, 2.45) is 0 Å². The lowest BCUT2D eigenvalue weighted by Gasteiger charge is -2.05. The van der Waals surface area contributed by atoms with Crippen LogP contribution >= 0.6 is 39.1 Å². The Labute approximate surface area is 84.6 Å². The smallest absolute Gasteiger partial charge is 0.0450 e. The highest BCUT2D eigenvalue weighted by Gasteiger charge is 2.05. The Bertz CT molecular complexity index is 258. The van der Waals surface area contributed by atoms with Crippen molar-refractivity contribution in [1.29, 1.82) is 0 Å². The van der Waals surface area contributed by atoms with Gasteiger partial charge in [0.15, 0.2) is 0 Å². The molecule has 0 aliphatic rings. The van der Waals surface area contributed by atoms with E-state index in [4.69, 9.17) is 23.2 Å². The van der Waals surface area contributed by atoms with Crippen LogP contribution in [-0.2, 0) is 0 Å². The highest BCUT2D eigenvalue weighted by atomic mass is 79.9. The van der Waals surface area contributed by atoms with Crippen LogP contribution in [0, 0.1) is 0 Å². The van der Waals surface area contributed by atoms with Gasteiger partial charge in [0.2, 0.25) is 0 Å². The van der Waals surface area contributed by atoms with Crippen molar-refractivity contribution in [3.05, 3.63) is 33.8 Å². The second-order valence-corrected chi connectivity index (χ2v) is 4.50. The number of hydrogen-bond donors (Lipinski definition) is 0. The van der Waals surface area contributed by atoms with E-state index in [1.54, 1.807) is 12.1 Å². The number of alkyl halides is 1. The van der Waals surface area contributed by atoms with Gasteiger partial charge in [-0.15, -0.1) is 0 Å². The number of benzene rings is 1. The molecule has 0 radical (unpaired) electrons. The summed E-state index contributed by atoms with van der Waals surface area (Å²) in [5, 5.41) is 1.47. The molecule has 1 rings (SSSR count). The van der Waals surface area contributed by atoms with Crippen molar-refractivity contribution >= 4 is 39.1 Å². The first kappa shape index (κ1) is 9.37. The molecule has 1 atom stereocenters. The van der Waals surface area contributed by atoms with Crippen LogP contribution in [0.15, 0.2) is 18.2 Å².